The van der Waals surface area contributed by atoms with Crippen LogP contribution >= 0.6 is 0 Å². The van der Waals surface area contributed by atoms with Crippen LogP contribution in [0, 0.1) is 5.41 Å². The second kappa shape index (κ2) is 7.54. The zero-order valence-electron chi connectivity index (χ0n) is 13.1. The minimum Gasteiger partial charge on any atom is -0.493 e. The summed E-state index contributed by atoms with van der Waals surface area (Å²) in [6.45, 7) is 13.9. The van der Waals surface area contributed by atoms with Gasteiger partial charge in [0, 0.05) is 12.0 Å². The maximum atomic E-state index is 5.95. The van der Waals surface area contributed by atoms with Crippen molar-refractivity contribution in [1.82, 2.24) is 5.32 Å². The summed E-state index contributed by atoms with van der Waals surface area (Å²) < 4.78 is 5.95. The molecule has 108 valence electrons. The van der Waals surface area contributed by atoms with Gasteiger partial charge in [-0.2, -0.15) is 0 Å². The quantitative estimate of drug-likeness (QED) is 0.709. The predicted octanol–water partition coefficient (Wildman–Crippen LogP) is 4.21. The molecule has 0 aliphatic carbocycles. The second-order valence-corrected chi connectivity index (χ2v) is 6.36. The maximum absolute atomic E-state index is 5.95. The first-order chi connectivity index (χ1) is 8.94. The Balaban J connectivity index is 2.49. The first-order valence-corrected chi connectivity index (χ1v) is 7.38. The van der Waals surface area contributed by atoms with Gasteiger partial charge in [-0.1, -0.05) is 46.8 Å². The zero-order valence-corrected chi connectivity index (χ0v) is 13.1. The van der Waals surface area contributed by atoms with Crippen molar-refractivity contribution in [2.45, 2.75) is 47.0 Å². The van der Waals surface area contributed by atoms with E-state index in [1.54, 1.807) is 0 Å². The van der Waals surface area contributed by atoms with Crippen LogP contribution in [0.25, 0.3) is 0 Å². The van der Waals surface area contributed by atoms with E-state index in [0.717, 1.165) is 25.4 Å². The molecule has 1 aromatic rings. The molecule has 0 aromatic heterocycles. The van der Waals surface area contributed by atoms with Gasteiger partial charge in [-0.15, -0.1) is 0 Å². The predicted molar refractivity (Wildman–Crippen MR) is 83.0 cm³/mol. The van der Waals surface area contributed by atoms with Crippen molar-refractivity contribution in [2.75, 3.05) is 19.7 Å². The fourth-order valence-electron chi connectivity index (χ4n) is 1.90. The molecule has 0 amide bonds. The molecule has 0 fully saturated rings. The molecule has 2 nitrogen and oxygen atoms in total. The van der Waals surface area contributed by atoms with Gasteiger partial charge in [-0.05, 0) is 36.6 Å². The van der Waals surface area contributed by atoms with Crippen molar-refractivity contribution in [3.8, 4) is 5.75 Å². The summed E-state index contributed by atoms with van der Waals surface area (Å²) in [6.07, 6.45) is 1.17. The van der Waals surface area contributed by atoms with Gasteiger partial charge < -0.3 is 10.1 Å². The first-order valence-electron chi connectivity index (χ1n) is 7.38. The van der Waals surface area contributed by atoms with E-state index in [-0.39, 0.29) is 5.41 Å². The van der Waals surface area contributed by atoms with E-state index in [0.29, 0.717) is 5.92 Å². The van der Waals surface area contributed by atoms with Crippen LogP contribution < -0.4 is 10.1 Å². The Morgan fingerprint density at radius 1 is 1.26 bits per heavy atom. The normalized spacial score (nSPS) is 11.9. The second-order valence-electron chi connectivity index (χ2n) is 6.36. The van der Waals surface area contributed by atoms with Gasteiger partial charge in [0.1, 0.15) is 5.75 Å². The van der Waals surface area contributed by atoms with Crippen molar-refractivity contribution in [3.05, 3.63) is 29.8 Å². The largest absolute Gasteiger partial charge is 0.493 e. The highest BCUT2D eigenvalue weighted by atomic mass is 16.5. The van der Waals surface area contributed by atoms with Crippen molar-refractivity contribution < 1.29 is 4.74 Å². The highest BCUT2D eigenvalue weighted by molar-refractivity contribution is 5.30. The molecule has 0 bridgehead atoms. The molecule has 19 heavy (non-hydrogen) atoms. The van der Waals surface area contributed by atoms with E-state index in [9.17, 15) is 0 Å². The SMILES string of the molecule is CCCNCC(C)(C)COc1cccc(C(C)C)c1. The van der Waals surface area contributed by atoms with Crippen molar-refractivity contribution in [3.63, 3.8) is 0 Å². The minimum atomic E-state index is 0.156. The third-order valence-corrected chi connectivity index (χ3v) is 3.18. The van der Waals surface area contributed by atoms with Gasteiger partial charge >= 0.3 is 0 Å². The number of hydrogen-bond donors (Lipinski definition) is 1. The molecule has 0 atom stereocenters. The Morgan fingerprint density at radius 3 is 2.63 bits per heavy atom. The lowest BCUT2D eigenvalue weighted by molar-refractivity contribution is 0.176. The average molecular weight is 263 g/mol. The highest BCUT2D eigenvalue weighted by Crippen LogP contribution is 2.22. The standard InChI is InChI=1S/C17H29NO/c1-6-10-18-12-17(4,5)13-19-16-9-7-8-15(11-16)14(2)3/h7-9,11,14,18H,6,10,12-13H2,1-5H3. The molecule has 0 aliphatic rings. The summed E-state index contributed by atoms with van der Waals surface area (Å²) in [7, 11) is 0. The lowest BCUT2D eigenvalue weighted by Gasteiger charge is -2.25. The molecule has 0 radical (unpaired) electrons. The Morgan fingerprint density at radius 2 is 2.00 bits per heavy atom. The number of hydrogen-bond acceptors (Lipinski definition) is 2. The molecule has 1 aromatic carbocycles. The highest BCUT2D eigenvalue weighted by Gasteiger charge is 2.18. The monoisotopic (exact) mass is 263 g/mol. The lowest BCUT2D eigenvalue weighted by atomic mass is 9.95. The fourth-order valence-corrected chi connectivity index (χ4v) is 1.90. The Labute approximate surface area is 118 Å². The molecule has 0 unspecified atom stereocenters. The van der Waals surface area contributed by atoms with Crippen LogP contribution in [0.5, 0.6) is 5.75 Å². The van der Waals surface area contributed by atoms with Gasteiger partial charge in [-0.25, -0.2) is 0 Å². The summed E-state index contributed by atoms with van der Waals surface area (Å²) in [5.41, 5.74) is 1.49. The number of nitrogens with one attached hydrogen (secondary N) is 1. The van der Waals surface area contributed by atoms with Gasteiger partial charge in [0.15, 0.2) is 0 Å². The van der Waals surface area contributed by atoms with Crippen molar-refractivity contribution in [2.24, 2.45) is 5.41 Å². The summed E-state index contributed by atoms with van der Waals surface area (Å²) >= 11 is 0. The van der Waals surface area contributed by atoms with Crippen LogP contribution in [0.4, 0.5) is 0 Å². The van der Waals surface area contributed by atoms with Crippen molar-refractivity contribution in [1.29, 1.82) is 0 Å². The molecule has 0 heterocycles. The molecule has 0 spiro atoms. The van der Waals surface area contributed by atoms with Gasteiger partial charge in [0.25, 0.3) is 0 Å². The maximum Gasteiger partial charge on any atom is 0.119 e. The topological polar surface area (TPSA) is 21.3 Å². The molecular formula is C17H29NO. The Bertz CT molecular complexity index is 371. The van der Waals surface area contributed by atoms with Crippen LogP contribution in [0.15, 0.2) is 24.3 Å². The van der Waals surface area contributed by atoms with Crippen LogP contribution in [0.3, 0.4) is 0 Å². The Hall–Kier alpha value is -1.02. The van der Waals surface area contributed by atoms with Gasteiger partial charge in [-0.3, -0.25) is 0 Å². The minimum absolute atomic E-state index is 0.156. The molecule has 0 saturated heterocycles. The third kappa shape index (κ3) is 6.11. The number of benzene rings is 1. The molecule has 0 saturated carbocycles. The van der Waals surface area contributed by atoms with Crippen LogP contribution in [0.2, 0.25) is 0 Å². The van der Waals surface area contributed by atoms with Gasteiger partial charge in [0.05, 0.1) is 6.61 Å². The van der Waals surface area contributed by atoms with Crippen LogP contribution in [0.1, 0.15) is 52.5 Å². The van der Waals surface area contributed by atoms with E-state index in [1.807, 2.05) is 6.07 Å². The molecular weight excluding hydrogens is 234 g/mol. The molecule has 1 N–H and O–H groups in total. The first kappa shape index (κ1) is 16.0. The lowest BCUT2D eigenvalue weighted by Crippen LogP contribution is -2.34. The van der Waals surface area contributed by atoms with E-state index in [4.69, 9.17) is 4.74 Å². The van der Waals surface area contributed by atoms with Crippen LogP contribution in [-0.4, -0.2) is 19.7 Å². The summed E-state index contributed by atoms with van der Waals surface area (Å²) in [5.74, 6) is 1.53. The van der Waals surface area contributed by atoms with E-state index in [2.05, 4.69) is 58.1 Å². The summed E-state index contributed by atoms with van der Waals surface area (Å²) in [6, 6.07) is 8.43. The van der Waals surface area contributed by atoms with Crippen molar-refractivity contribution >= 4 is 0 Å². The van der Waals surface area contributed by atoms with Gasteiger partial charge in [0.2, 0.25) is 0 Å². The van der Waals surface area contributed by atoms with E-state index >= 15 is 0 Å². The number of ether oxygens (including phenoxy) is 1. The van der Waals surface area contributed by atoms with E-state index < -0.39 is 0 Å². The van der Waals surface area contributed by atoms with E-state index in [1.165, 1.54) is 12.0 Å². The number of rotatable bonds is 8. The Kier molecular flexibility index (Phi) is 6.36. The fraction of sp³-hybridized carbons (Fsp3) is 0.647. The summed E-state index contributed by atoms with van der Waals surface area (Å²) in [4.78, 5) is 0. The summed E-state index contributed by atoms with van der Waals surface area (Å²) in [5, 5.41) is 3.46. The smallest absolute Gasteiger partial charge is 0.119 e. The molecule has 2 heteroatoms. The molecule has 0 aliphatic heterocycles. The third-order valence-electron chi connectivity index (χ3n) is 3.18. The average Bonchev–Trinajstić information content (AvgIpc) is 2.37. The molecule has 1 rings (SSSR count). The van der Waals surface area contributed by atoms with Crippen LogP contribution in [-0.2, 0) is 0 Å². The zero-order chi connectivity index (χ0) is 14.3.